The number of aromatic amines is 1. The minimum atomic E-state index is -1.12. The number of rotatable bonds is 12. The summed E-state index contributed by atoms with van der Waals surface area (Å²) in [6.45, 7) is 7.34. The molecule has 0 radical (unpaired) electrons. The van der Waals surface area contributed by atoms with Gasteiger partial charge in [-0.25, -0.2) is 0 Å². The van der Waals surface area contributed by atoms with Gasteiger partial charge in [0.1, 0.15) is 6.10 Å². The van der Waals surface area contributed by atoms with E-state index in [0.29, 0.717) is 27.8 Å². The predicted octanol–water partition coefficient (Wildman–Crippen LogP) is 2.92. The molecule has 4 aliphatic heterocycles. The summed E-state index contributed by atoms with van der Waals surface area (Å²) >= 11 is 1.82. The standard InChI is InChI=1S/C33H40N4O8S/c1-14-18(5-7-26(39)40)22(34-21(14)11-24-28(25-13-46-25)17(4)32(44)36-24)12-23-19(6-8-27(41)42)15(2)29(35-23)31(43)30-16(3)20(9-10-38)33(45)37-30/h9-12,17,25,28-31,34-35,38,43H,5-8,13H2,1-4H3,(H,36,44)(H,37,45)(H,39,40)(H,41,42)/b10-9-,23-12-,24-11-/t17-,25-,28-,29?,30+,31-/m1/s1. The van der Waals surface area contributed by atoms with E-state index in [1.807, 2.05) is 44.7 Å². The van der Waals surface area contributed by atoms with Gasteiger partial charge in [-0.2, -0.15) is 11.8 Å². The highest BCUT2D eigenvalue weighted by Gasteiger charge is 2.45. The molecule has 0 aromatic carbocycles. The van der Waals surface area contributed by atoms with Gasteiger partial charge in [0.2, 0.25) is 5.91 Å². The summed E-state index contributed by atoms with van der Waals surface area (Å²) < 4.78 is 0. The molecule has 46 heavy (non-hydrogen) atoms. The molecule has 2 fully saturated rings. The molecule has 0 saturated carbocycles. The number of carbonyl (C=O) groups is 4. The molecule has 1 aromatic heterocycles. The number of aliphatic hydroxyl groups excluding tert-OH is 2. The van der Waals surface area contributed by atoms with Crippen LogP contribution >= 0.6 is 11.8 Å². The average Bonchev–Trinajstić information content (AvgIpc) is 3.56. The van der Waals surface area contributed by atoms with E-state index < -0.39 is 36.0 Å². The average molecular weight is 653 g/mol. The number of aromatic nitrogens is 1. The number of thioether (sulfide) groups is 1. The number of nitrogens with one attached hydrogen (secondary N) is 4. The molecular weight excluding hydrogens is 612 g/mol. The Bertz CT molecular complexity index is 1630. The van der Waals surface area contributed by atoms with Crippen LogP contribution in [-0.2, 0) is 25.6 Å². The SMILES string of the molecule is CC1=C(CCC(=O)O)/C(=C/c2[nH]c(/C=C3\NC(=O)[C@H](C)[C@H]3[C@H]3CS3)c(C)c2CCC(=O)O)NC1[C@@H](O)[C@H]1NC(=O)C(/C=C\O)=C1C. The number of hydrogen-bond donors (Lipinski definition) is 8. The van der Waals surface area contributed by atoms with Crippen molar-refractivity contribution in [3.63, 3.8) is 0 Å². The summed E-state index contributed by atoms with van der Waals surface area (Å²) in [7, 11) is 0. The molecule has 2 saturated heterocycles. The molecule has 1 unspecified atom stereocenters. The number of carboxylic acid groups (broad SMARTS) is 2. The summed E-state index contributed by atoms with van der Waals surface area (Å²) in [5.41, 5.74) is 6.66. The van der Waals surface area contributed by atoms with E-state index in [4.69, 9.17) is 0 Å². The van der Waals surface area contributed by atoms with Crippen LogP contribution in [0.5, 0.6) is 0 Å². The Hall–Kier alpha value is -4.23. The maximum absolute atomic E-state index is 12.6. The van der Waals surface area contributed by atoms with Crippen LogP contribution in [0.25, 0.3) is 12.2 Å². The van der Waals surface area contributed by atoms with Gasteiger partial charge in [-0.3, -0.25) is 19.2 Å². The van der Waals surface area contributed by atoms with E-state index in [1.54, 1.807) is 6.92 Å². The van der Waals surface area contributed by atoms with Gasteiger partial charge in [-0.1, -0.05) is 6.92 Å². The summed E-state index contributed by atoms with van der Waals surface area (Å²) in [5, 5.41) is 49.2. The third kappa shape index (κ3) is 6.52. The third-order valence-corrected chi connectivity index (χ3v) is 10.5. The molecule has 4 aliphatic rings. The molecule has 0 spiro atoms. The van der Waals surface area contributed by atoms with Crippen molar-refractivity contribution in [2.75, 3.05) is 5.75 Å². The monoisotopic (exact) mass is 652 g/mol. The fraction of sp³-hybridized carbons (Fsp3) is 0.455. The Morgan fingerprint density at radius 1 is 0.978 bits per heavy atom. The molecule has 8 N–H and O–H groups in total. The number of aliphatic carboxylic acids is 2. The Balaban J connectivity index is 1.53. The Morgan fingerprint density at radius 3 is 2.26 bits per heavy atom. The van der Waals surface area contributed by atoms with Crippen molar-refractivity contribution >= 4 is 47.7 Å². The molecule has 2 amide bonds. The minimum absolute atomic E-state index is 0.0205. The highest BCUT2D eigenvalue weighted by Crippen LogP contribution is 2.46. The number of H-pyrrole nitrogens is 1. The van der Waals surface area contributed by atoms with Crippen LogP contribution in [0.2, 0.25) is 0 Å². The van der Waals surface area contributed by atoms with Gasteiger partial charge < -0.3 is 41.4 Å². The predicted molar refractivity (Wildman–Crippen MR) is 173 cm³/mol. The smallest absolute Gasteiger partial charge is 0.303 e. The maximum Gasteiger partial charge on any atom is 0.303 e. The lowest BCUT2D eigenvalue weighted by Gasteiger charge is -2.27. The first-order valence-electron chi connectivity index (χ1n) is 15.3. The highest BCUT2D eigenvalue weighted by atomic mass is 32.2. The van der Waals surface area contributed by atoms with Crippen molar-refractivity contribution in [1.82, 2.24) is 20.9 Å². The zero-order valence-corrected chi connectivity index (χ0v) is 27.0. The summed E-state index contributed by atoms with van der Waals surface area (Å²) in [5.74, 6) is -1.45. The molecule has 0 bridgehead atoms. The number of hydrogen-bond acceptors (Lipinski definition) is 8. The number of carbonyl (C=O) groups excluding carboxylic acids is 2. The van der Waals surface area contributed by atoms with E-state index >= 15 is 0 Å². The van der Waals surface area contributed by atoms with E-state index in [9.17, 15) is 39.6 Å². The lowest BCUT2D eigenvalue weighted by atomic mass is 9.91. The quantitative estimate of drug-likeness (QED) is 0.123. The molecule has 12 nitrogen and oxygen atoms in total. The van der Waals surface area contributed by atoms with Crippen LogP contribution in [-0.4, -0.2) is 78.4 Å². The second kappa shape index (κ2) is 13.2. The normalized spacial score (nSPS) is 28.4. The Labute approximate surface area is 270 Å². The zero-order chi connectivity index (χ0) is 33.4. The molecule has 13 heteroatoms. The van der Waals surface area contributed by atoms with Gasteiger partial charge in [0, 0.05) is 64.0 Å². The van der Waals surface area contributed by atoms with E-state index in [2.05, 4.69) is 20.9 Å². The number of carboxylic acids is 2. The Morgan fingerprint density at radius 2 is 1.63 bits per heavy atom. The molecule has 5 heterocycles. The van der Waals surface area contributed by atoms with Crippen LogP contribution in [0, 0.1) is 18.8 Å². The van der Waals surface area contributed by atoms with E-state index in [-0.39, 0.29) is 49.0 Å². The molecule has 1 aromatic rings. The highest BCUT2D eigenvalue weighted by molar-refractivity contribution is 8.06. The van der Waals surface area contributed by atoms with Crippen molar-refractivity contribution in [3.05, 3.63) is 68.5 Å². The minimum Gasteiger partial charge on any atom is -0.516 e. The van der Waals surface area contributed by atoms with Gasteiger partial charge in [0.15, 0.2) is 0 Å². The number of allylic oxidation sites excluding steroid dienone is 2. The first kappa shape index (κ1) is 33.1. The first-order chi connectivity index (χ1) is 21.8. The topological polar surface area (TPSA) is 201 Å². The lowest BCUT2D eigenvalue weighted by Crippen LogP contribution is -2.49. The lowest BCUT2D eigenvalue weighted by molar-refractivity contribution is -0.138. The van der Waals surface area contributed by atoms with Gasteiger partial charge in [0.25, 0.3) is 5.91 Å². The van der Waals surface area contributed by atoms with Gasteiger partial charge in [-0.15, -0.1) is 0 Å². The van der Waals surface area contributed by atoms with Crippen molar-refractivity contribution in [2.45, 2.75) is 76.8 Å². The molecular formula is C33H40N4O8S. The zero-order valence-electron chi connectivity index (χ0n) is 26.1. The fourth-order valence-corrected chi connectivity index (χ4v) is 7.68. The molecule has 246 valence electrons. The summed E-state index contributed by atoms with van der Waals surface area (Å²) in [4.78, 5) is 51.7. The van der Waals surface area contributed by atoms with Gasteiger partial charge in [0.05, 0.1) is 18.3 Å². The molecule has 6 atom stereocenters. The third-order valence-electron chi connectivity index (χ3n) is 9.48. The van der Waals surface area contributed by atoms with Crippen LogP contribution < -0.4 is 16.0 Å². The second-order valence-electron chi connectivity index (χ2n) is 12.3. The van der Waals surface area contributed by atoms with Crippen LogP contribution in [0.3, 0.4) is 0 Å². The molecule has 0 aliphatic carbocycles. The van der Waals surface area contributed by atoms with E-state index in [1.165, 1.54) is 6.08 Å². The van der Waals surface area contributed by atoms with Crippen molar-refractivity contribution < 1.29 is 39.6 Å². The number of aliphatic hydroxyl groups is 2. The van der Waals surface area contributed by atoms with Gasteiger partial charge >= 0.3 is 11.9 Å². The largest absolute Gasteiger partial charge is 0.516 e. The second-order valence-corrected chi connectivity index (χ2v) is 13.6. The number of amides is 2. The van der Waals surface area contributed by atoms with Crippen molar-refractivity contribution in [2.24, 2.45) is 11.8 Å². The van der Waals surface area contributed by atoms with Gasteiger partial charge in [-0.05, 0) is 79.7 Å². The molecule has 5 rings (SSSR count). The maximum atomic E-state index is 12.6. The van der Waals surface area contributed by atoms with Crippen LogP contribution in [0.1, 0.15) is 62.5 Å². The van der Waals surface area contributed by atoms with Crippen molar-refractivity contribution in [1.29, 1.82) is 0 Å². The van der Waals surface area contributed by atoms with Crippen LogP contribution in [0.15, 0.2) is 46.0 Å². The summed E-state index contributed by atoms with van der Waals surface area (Å²) in [6, 6.07) is -1.41. The first-order valence-corrected chi connectivity index (χ1v) is 16.3. The Kier molecular flexibility index (Phi) is 9.54. The van der Waals surface area contributed by atoms with E-state index in [0.717, 1.165) is 40.1 Å². The van der Waals surface area contributed by atoms with Crippen molar-refractivity contribution in [3.8, 4) is 0 Å². The summed E-state index contributed by atoms with van der Waals surface area (Å²) in [6.07, 6.45) is 4.84. The fourth-order valence-electron chi connectivity index (χ4n) is 6.78. The van der Waals surface area contributed by atoms with Crippen LogP contribution in [0.4, 0.5) is 0 Å².